The quantitative estimate of drug-likeness (QED) is 0.351. The number of esters is 1. The molecule has 0 aromatic heterocycles. The number of benzene rings is 2. The largest absolute Gasteiger partial charge is 0.468 e. The molecule has 0 saturated heterocycles. The summed E-state index contributed by atoms with van der Waals surface area (Å²) in [6, 6.07) is 14.0. The van der Waals surface area contributed by atoms with E-state index in [9.17, 15) is 24.4 Å². The Morgan fingerprint density at radius 1 is 1.05 bits per heavy atom. The second-order valence-electron chi connectivity index (χ2n) is 10.1. The third-order valence-corrected chi connectivity index (χ3v) is 5.72. The van der Waals surface area contributed by atoms with Crippen molar-refractivity contribution in [3.8, 4) is 6.07 Å². The maximum absolute atomic E-state index is 14.1. The third kappa shape index (κ3) is 9.45. The van der Waals surface area contributed by atoms with E-state index in [1.165, 1.54) is 7.11 Å². The molecule has 2 rings (SSSR count). The number of hydrogen-bond acceptors (Lipinski definition) is 7. The van der Waals surface area contributed by atoms with Crippen molar-refractivity contribution in [2.75, 3.05) is 20.2 Å². The lowest BCUT2D eigenvalue weighted by Gasteiger charge is -2.33. The molecule has 2 unspecified atom stereocenters. The summed E-state index contributed by atoms with van der Waals surface area (Å²) < 4.78 is 10.0. The SMILES string of the molecule is COC(=O)CNC(=O)C(c1cc(C)ccc1C)N(CC#N)C(=O)C(Cc1ccccc1)NC(=O)OC(C)(C)C. The number of hydrogen-bond donors (Lipinski definition) is 2. The van der Waals surface area contributed by atoms with Crippen LogP contribution in [0.4, 0.5) is 4.79 Å². The van der Waals surface area contributed by atoms with Crippen LogP contribution in [0.15, 0.2) is 48.5 Å². The van der Waals surface area contributed by atoms with Crippen molar-refractivity contribution in [3.05, 3.63) is 70.8 Å². The normalized spacial score (nSPS) is 12.3. The Kier molecular flexibility index (Phi) is 11.0. The lowest BCUT2D eigenvalue weighted by molar-refractivity contribution is -0.144. The summed E-state index contributed by atoms with van der Waals surface area (Å²) in [7, 11) is 1.19. The van der Waals surface area contributed by atoms with Crippen LogP contribution < -0.4 is 10.6 Å². The van der Waals surface area contributed by atoms with E-state index in [2.05, 4.69) is 15.4 Å². The van der Waals surface area contributed by atoms with Crippen LogP contribution >= 0.6 is 0 Å². The van der Waals surface area contributed by atoms with Crippen molar-refractivity contribution in [1.29, 1.82) is 5.26 Å². The second kappa shape index (κ2) is 14.0. The zero-order valence-corrected chi connectivity index (χ0v) is 23.2. The van der Waals surface area contributed by atoms with Gasteiger partial charge in [0, 0.05) is 6.42 Å². The lowest BCUT2D eigenvalue weighted by Crippen LogP contribution is -2.54. The monoisotopic (exact) mass is 536 g/mol. The van der Waals surface area contributed by atoms with Gasteiger partial charge in [-0.05, 0) is 51.3 Å². The number of alkyl carbamates (subject to hydrolysis) is 1. The Balaban J connectivity index is 2.56. The average Bonchev–Trinajstić information content (AvgIpc) is 2.87. The fourth-order valence-electron chi connectivity index (χ4n) is 3.91. The van der Waals surface area contributed by atoms with Crippen molar-refractivity contribution < 1.29 is 28.7 Å². The molecule has 208 valence electrons. The maximum Gasteiger partial charge on any atom is 0.408 e. The van der Waals surface area contributed by atoms with Gasteiger partial charge in [-0.15, -0.1) is 0 Å². The molecule has 3 amide bonds. The molecule has 2 aromatic carbocycles. The Labute approximate surface area is 229 Å². The number of nitrogens with zero attached hydrogens (tertiary/aromatic N) is 2. The summed E-state index contributed by atoms with van der Waals surface area (Å²) >= 11 is 0. The van der Waals surface area contributed by atoms with Crippen LogP contribution in [-0.4, -0.2) is 60.6 Å². The van der Waals surface area contributed by atoms with E-state index in [0.717, 1.165) is 16.0 Å². The molecule has 0 aliphatic carbocycles. The van der Waals surface area contributed by atoms with Gasteiger partial charge in [0.2, 0.25) is 11.8 Å². The van der Waals surface area contributed by atoms with Gasteiger partial charge in [-0.25, -0.2) is 4.79 Å². The molecule has 39 heavy (non-hydrogen) atoms. The van der Waals surface area contributed by atoms with Gasteiger partial charge in [-0.3, -0.25) is 14.4 Å². The summed E-state index contributed by atoms with van der Waals surface area (Å²) in [5.41, 5.74) is 1.96. The minimum Gasteiger partial charge on any atom is -0.468 e. The van der Waals surface area contributed by atoms with Crippen molar-refractivity contribution >= 4 is 23.9 Å². The van der Waals surface area contributed by atoms with E-state index in [1.807, 2.05) is 25.1 Å². The molecule has 2 aromatic rings. The highest BCUT2D eigenvalue weighted by atomic mass is 16.6. The van der Waals surface area contributed by atoms with Gasteiger partial charge in [0.25, 0.3) is 0 Å². The van der Waals surface area contributed by atoms with Gasteiger partial charge in [0.15, 0.2) is 0 Å². The third-order valence-electron chi connectivity index (χ3n) is 5.72. The van der Waals surface area contributed by atoms with E-state index < -0.39 is 54.7 Å². The van der Waals surface area contributed by atoms with E-state index in [4.69, 9.17) is 4.74 Å². The molecule has 0 spiro atoms. The van der Waals surface area contributed by atoms with Crippen molar-refractivity contribution in [2.45, 2.75) is 58.7 Å². The first-order chi connectivity index (χ1) is 18.4. The number of aryl methyl sites for hydroxylation is 2. The molecule has 0 fully saturated rings. The number of carbonyl (C=O) groups excluding carboxylic acids is 4. The maximum atomic E-state index is 14.1. The zero-order valence-electron chi connectivity index (χ0n) is 23.2. The van der Waals surface area contributed by atoms with Crippen LogP contribution in [0.5, 0.6) is 0 Å². The Morgan fingerprint density at radius 3 is 2.31 bits per heavy atom. The van der Waals surface area contributed by atoms with Crippen molar-refractivity contribution in [1.82, 2.24) is 15.5 Å². The predicted molar refractivity (Wildman–Crippen MR) is 144 cm³/mol. The summed E-state index contributed by atoms with van der Waals surface area (Å²) in [6.45, 7) is 7.84. The molecule has 0 aliphatic rings. The summed E-state index contributed by atoms with van der Waals surface area (Å²) in [5.74, 6) is -2.01. The number of ether oxygens (including phenoxy) is 2. The Hall–Kier alpha value is -4.39. The Morgan fingerprint density at radius 2 is 1.72 bits per heavy atom. The molecule has 0 bridgehead atoms. The number of carbonyl (C=O) groups is 4. The molecule has 0 saturated carbocycles. The van der Waals surface area contributed by atoms with Crippen molar-refractivity contribution in [2.24, 2.45) is 0 Å². The van der Waals surface area contributed by atoms with Gasteiger partial charge in [0.05, 0.1) is 13.2 Å². The number of methoxy groups -OCH3 is 1. The van der Waals surface area contributed by atoms with Gasteiger partial charge >= 0.3 is 12.1 Å². The van der Waals surface area contributed by atoms with Gasteiger partial charge in [-0.2, -0.15) is 5.26 Å². The van der Waals surface area contributed by atoms with E-state index in [0.29, 0.717) is 11.1 Å². The summed E-state index contributed by atoms with van der Waals surface area (Å²) in [6.07, 6.45) is -0.725. The number of rotatable bonds is 10. The van der Waals surface area contributed by atoms with Crippen LogP contribution in [0.25, 0.3) is 0 Å². The predicted octanol–water partition coefficient (Wildman–Crippen LogP) is 3.12. The number of nitriles is 1. The first kappa shape index (κ1) is 30.8. The van der Waals surface area contributed by atoms with Crippen LogP contribution in [0, 0.1) is 25.2 Å². The van der Waals surface area contributed by atoms with Gasteiger partial charge in [-0.1, -0.05) is 54.1 Å². The standard InChI is InChI=1S/C29H36N4O6/c1-19-12-13-20(2)22(16-19)25(26(35)31-18-24(34)38-6)33(15-14-30)27(36)23(17-21-10-8-7-9-11-21)32-28(37)39-29(3,4)5/h7-13,16,23,25H,15,17-18H2,1-6H3,(H,31,35)(H,32,37). The summed E-state index contributed by atoms with van der Waals surface area (Å²) in [5, 5.41) is 14.8. The van der Waals surface area contributed by atoms with E-state index in [1.54, 1.807) is 64.1 Å². The minimum absolute atomic E-state index is 0.0874. The van der Waals surface area contributed by atoms with Gasteiger partial charge < -0.3 is 25.0 Å². The first-order valence-electron chi connectivity index (χ1n) is 12.5. The molecule has 2 N–H and O–H groups in total. The highest BCUT2D eigenvalue weighted by Gasteiger charge is 2.37. The highest BCUT2D eigenvalue weighted by Crippen LogP contribution is 2.27. The topological polar surface area (TPSA) is 138 Å². The molecule has 2 atom stereocenters. The average molecular weight is 537 g/mol. The van der Waals surface area contributed by atoms with Crippen LogP contribution in [0.2, 0.25) is 0 Å². The Bertz CT molecular complexity index is 1220. The molecule has 10 nitrogen and oxygen atoms in total. The molecule has 10 heteroatoms. The van der Waals surface area contributed by atoms with Crippen LogP contribution in [-0.2, 0) is 30.3 Å². The summed E-state index contributed by atoms with van der Waals surface area (Å²) in [4.78, 5) is 53.2. The minimum atomic E-state index is -1.26. The zero-order chi connectivity index (χ0) is 29.2. The van der Waals surface area contributed by atoms with Crippen molar-refractivity contribution in [3.63, 3.8) is 0 Å². The number of amides is 3. The molecule has 0 heterocycles. The van der Waals surface area contributed by atoms with E-state index in [-0.39, 0.29) is 6.42 Å². The van der Waals surface area contributed by atoms with Gasteiger partial charge in [0.1, 0.15) is 30.8 Å². The molecular formula is C29H36N4O6. The highest BCUT2D eigenvalue weighted by molar-refractivity contribution is 5.93. The molecule has 0 radical (unpaired) electrons. The fraction of sp³-hybridized carbons (Fsp3) is 0.414. The van der Waals surface area contributed by atoms with E-state index >= 15 is 0 Å². The molecular weight excluding hydrogens is 500 g/mol. The number of nitrogens with one attached hydrogen (secondary N) is 2. The van der Waals surface area contributed by atoms with Crippen LogP contribution in [0.1, 0.15) is 49.1 Å². The first-order valence-corrected chi connectivity index (χ1v) is 12.5. The second-order valence-corrected chi connectivity index (χ2v) is 10.1. The smallest absolute Gasteiger partial charge is 0.408 e. The van der Waals surface area contributed by atoms with Crippen LogP contribution in [0.3, 0.4) is 0 Å². The fourth-order valence-corrected chi connectivity index (χ4v) is 3.91. The lowest BCUT2D eigenvalue weighted by atomic mass is 9.95. The molecule has 0 aliphatic heterocycles.